The smallest absolute Gasteiger partial charge is 0.412 e. The summed E-state index contributed by atoms with van der Waals surface area (Å²) in [4.78, 5) is 37.9. The summed E-state index contributed by atoms with van der Waals surface area (Å²) in [5.41, 5.74) is 8.31. The van der Waals surface area contributed by atoms with Crippen molar-refractivity contribution in [2.75, 3.05) is 16.4 Å². The second kappa shape index (κ2) is 19.3. The molecule has 0 aliphatic carbocycles. The lowest BCUT2D eigenvalue weighted by atomic mass is 10.2. The highest BCUT2D eigenvalue weighted by Crippen LogP contribution is 2.16. The molecular weight excluding hydrogens is 714 g/mol. The van der Waals surface area contributed by atoms with Crippen LogP contribution in [0.4, 0.5) is 26.7 Å². The molecule has 0 bridgehead atoms. The Kier molecular flexibility index (Phi) is 15.0. The molecule has 0 spiro atoms. The summed E-state index contributed by atoms with van der Waals surface area (Å²) in [7, 11) is 0. The molecule has 0 aliphatic rings. The molecule has 0 fully saturated rings. The number of anilines is 3. The van der Waals surface area contributed by atoms with Crippen molar-refractivity contribution in [1.82, 2.24) is 29.1 Å². The average molecular weight is 759 g/mol. The van der Waals surface area contributed by atoms with Gasteiger partial charge in [-0.2, -0.15) is 0 Å². The third kappa shape index (κ3) is 16.4. The number of carbonyl (C=O) groups excluding carboxylic acids is 2. The zero-order chi connectivity index (χ0) is 37.3. The lowest BCUT2D eigenvalue weighted by Gasteiger charge is -2.19. The van der Waals surface area contributed by atoms with Crippen LogP contribution in [0.5, 0.6) is 0 Å². The molecule has 0 unspecified atom stereocenters. The van der Waals surface area contributed by atoms with Crippen LogP contribution in [-0.4, -0.2) is 52.5 Å². The van der Waals surface area contributed by atoms with Crippen molar-refractivity contribution in [3.8, 4) is 11.4 Å². The van der Waals surface area contributed by atoms with Gasteiger partial charge in [0.2, 0.25) is 0 Å². The van der Waals surface area contributed by atoms with Gasteiger partial charge < -0.3 is 29.3 Å². The maximum Gasteiger partial charge on any atom is 0.412 e. The van der Waals surface area contributed by atoms with Gasteiger partial charge in [0.15, 0.2) is 0 Å². The third-order valence-electron chi connectivity index (χ3n) is 5.77. The number of pyridine rings is 3. The minimum Gasteiger partial charge on any atom is -0.444 e. The number of ether oxygens (including phenoxy) is 2. The first kappa shape index (κ1) is 39.5. The molecule has 0 aliphatic heterocycles. The SMILES string of the molecule is CC(C)(C)OC(=O)Nc1cncc(-n2cccc2)c1.CC(C)(C)OC(=O)Nc1cncc(Br)c1.Nc1cncc(-n2cccc2)c1.c1cc[nH]c1. The summed E-state index contributed by atoms with van der Waals surface area (Å²) in [6.07, 6.45) is 20.4. The van der Waals surface area contributed by atoms with Gasteiger partial charge in [-0.05, 0) is 112 Å². The number of nitrogens with one attached hydrogen (secondary N) is 3. The van der Waals surface area contributed by atoms with Crippen molar-refractivity contribution in [3.63, 3.8) is 0 Å². The van der Waals surface area contributed by atoms with E-state index in [1.54, 1.807) is 43.2 Å². The quantitative estimate of drug-likeness (QED) is 0.138. The number of carbonyl (C=O) groups is 2. The zero-order valence-corrected chi connectivity index (χ0v) is 31.0. The molecule has 0 radical (unpaired) electrons. The summed E-state index contributed by atoms with van der Waals surface area (Å²) in [6, 6.07) is 17.1. The van der Waals surface area contributed by atoms with Gasteiger partial charge in [-0.25, -0.2) is 9.59 Å². The van der Waals surface area contributed by atoms with E-state index in [1.807, 2.05) is 136 Å². The third-order valence-corrected chi connectivity index (χ3v) is 6.20. The number of hydrogen-bond donors (Lipinski definition) is 4. The summed E-state index contributed by atoms with van der Waals surface area (Å²) < 4.78 is 14.9. The Hall–Kier alpha value is -5.89. The highest BCUT2D eigenvalue weighted by molar-refractivity contribution is 9.10. The molecule has 0 saturated heterocycles. The number of halogens is 1. The first-order valence-electron chi connectivity index (χ1n) is 15.8. The highest BCUT2D eigenvalue weighted by atomic mass is 79.9. The monoisotopic (exact) mass is 757 g/mol. The fourth-order valence-corrected chi connectivity index (χ4v) is 4.20. The molecular formula is C37H44BrN9O4. The van der Waals surface area contributed by atoms with Crippen molar-refractivity contribution in [2.45, 2.75) is 52.7 Å². The second-order valence-corrected chi connectivity index (χ2v) is 13.5. The van der Waals surface area contributed by atoms with Crippen molar-refractivity contribution in [1.29, 1.82) is 0 Å². The second-order valence-electron chi connectivity index (χ2n) is 12.6. The van der Waals surface area contributed by atoms with E-state index in [0.717, 1.165) is 15.8 Å². The van der Waals surface area contributed by atoms with Crippen molar-refractivity contribution < 1.29 is 19.1 Å². The Morgan fingerprint density at radius 2 is 1.08 bits per heavy atom. The largest absolute Gasteiger partial charge is 0.444 e. The highest BCUT2D eigenvalue weighted by Gasteiger charge is 2.17. The number of nitrogens with two attached hydrogens (primary N) is 1. The van der Waals surface area contributed by atoms with Crippen LogP contribution in [0.15, 0.2) is 133 Å². The number of hydrogen-bond acceptors (Lipinski definition) is 8. The van der Waals surface area contributed by atoms with Crippen LogP contribution in [0.3, 0.4) is 0 Å². The number of nitrogen functional groups attached to an aromatic ring is 1. The molecule has 2 amide bonds. The van der Waals surface area contributed by atoms with Gasteiger partial charge in [0, 0.05) is 54.0 Å². The summed E-state index contributed by atoms with van der Waals surface area (Å²) >= 11 is 3.26. The number of amides is 2. The van der Waals surface area contributed by atoms with E-state index < -0.39 is 23.4 Å². The molecule has 6 rings (SSSR count). The first-order chi connectivity index (χ1) is 24.2. The van der Waals surface area contributed by atoms with Crippen molar-refractivity contribution in [2.24, 2.45) is 0 Å². The normalized spacial score (nSPS) is 10.5. The Morgan fingerprint density at radius 1 is 0.647 bits per heavy atom. The molecule has 51 heavy (non-hydrogen) atoms. The maximum atomic E-state index is 11.7. The minimum atomic E-state index is -0.518. The van der Waals surface area contributed by atoms with Crippen molar-refractivity contribution in [3.05, 3.63) is 133 Å². The van der Waals surface area contributed by atoms with E-state index in [2.05, 4.69) is 46.5 Å². The number of H-pyrrole nitrogens is 1. The fourth-order valence-electron chi connectivity index (χ4n) is 3.84. The van der Waals surface area contributed by atoms with E-state index >= 15 is 0 Å². The Balaban J connectivity index is 0.000000197. The molecule has 6 aromatic rings. The fraction of sp³-hybridized carbons (Fsp3) is 0.216. The first-order valence-corrected chi connectivity index (χ1v) is 16.6. The molecule has 0 atom stereocenters. The summed E-state index contributed by atoms with van der Waals surface area (Å²) in [5, 5.41) is 5.25. The summed E-state index contributed by atoms with van der Waals surface area (Å²) in [5.74, 6) is 0. The van der Waals surface area contributed by atoms with Gasteiger partial charge in [0.25, 0.3) is 0 Å². The number of aromatic amines is 1. The molecule has 0 aromatic carbocycles. The molecule has 13 nitrogen and oxygen atoms in total. The number of nitrogens with zero attached hydrogens (tertiary/aromatic N) is 5. The van der Waals surface area contributed by atoms with E-state index in [1.165, 1.54) is 0 Å². The minimum absolute atomic E-state index is 0.484. The Morgan fingerprint density at radius 3 is 1.49 bits per heavy atom. The lowest BCUT2D eigenvalue weighted by Crippen LogP contribution is -2.27. The predicted octanol–water partition coefficient (Wildman–Crippen LogP) is 8.88. The lowest BCUT2D eigenvalue weighted by molar-refractivity contribution is 0.0624. The van der Waals surface area contributed by atoms with Gasteiger partial charge >= 0.3 is 12.2 Å². The van der Waals surface area contributed by atoms with Crippen LogP contribution < -0.4 is 16.4 Å². The van der Waals surface area contributed by atoms with Crippen LogP contribution >= 0.6 is 15.9 Å². The topological polar surface area (TPSA) is 167 Å². The van der Waals surface area contributed by atoms with Gasteiger partial charge in [-0.1, -0.05) is 0 Å². The number of rotatable bonds is 4. The Bertz CT molecular complexity index is 1860. The molecule has 6 heterocycles. The van der Waals surface area contributed by atoms with E-state index in [0.29, 0.717) is 17.1 Å². The Labute approximate surface area is 306 Å². The average Bonchev–Trinajstić information content (AvgIpc) is 3.86. The molecule has 6 aromatic heterocycles. The van der Waals surface area contributed by atoms with Crippen LogP contribution in [0.2, 0.25) is 0 Å². The van der Waals surface area contributed by atoms with Crippen LogP contribution in [0.25, 0.3) is 11.4 Å². The number of aromatic nitrogens is 6. The molecule has 14 heteroatoms. The zero-order valence-electron chi connectivity index (χ0n) is 29.4. The van der Waals surface area contributed by atoms with Gasteiger partial charge in [-0.15, -0.1) is 0 Å². The summed E-state index contributed by atoms with van der Waals surface area (Å²) in [6.45, 7) is 10.9. The van der Waals surface area contributed by atoms with Gasteiger partial charge in [0.05, 0.1) is 53.2 Å². The van der Waals surface area contributed by atoms with Crippen LogP contribution in [0, 0.1) is 0 Å². The van der Waals surface area contributed by atoms with E-state index in [4.69, 9.17) is 15.2 Å². The maximum absolute atomic E-state index is 11.7. The molecule has 0 saturated carbocycles. The standard InChI is InChI=1S/C14H17N3O2.C10H13BrN2O2.C9H9N3.C4H5N/c1-14(2,3)19-13(18)16-11-8-12(10-15-9-11)17-6-4-5-7-17;1-10(2,3)15-9(14)13-8-4-7(11)5-12-6-8;10-8-5-9(7-11-6-8)12-3-1-2-4-12;1-2-4-5-3-1/h4-10H,1-3H3,(H,16,18);4-6H,1-3H3,(H,13,14);1-7H,10H2;1-5H. The molecule has 268 valence electrons. The van der Waals surface area contributed by atoms with Crippen molar-refractivity contribution >= 4 is 45.2 Å². The van der Waals surface area contributed by atoms with E-state index in [9.17, 15) is 9.59 Å². The van der Waals surface area contributed by atoms with Gasteiger partial charge in [-0.3, -0.25) is 25.6 Å². The van der Waals surface area contributed by atoms with Gasteiger partial charge in [0.1, 0.15) is 11.2 Å². The molecule has 5 N–H and O–H groups in total. The van der Waals surface area contributed by atoms with E-state index in [-0.39, 0.29) is 0 Å². The predicted molar refractivity (Wildman–Crippen MR) is 204 cm³/mol. The van der Waals surface area contributed by atoms with Crippen LogP contribution in [-0.2, 0) is 9.47 Å². The van der Waals surface area contributed by atoms with Crippen LogP contribution in [0.1, 0.15) is 41.5 Å².